The van der Waals surface area contributed by atoms with Crippen molar-refractivity contribution in [1.29, 1.82) is 0 Å². The first-order valence-corrected chi connectivity index (χ1v) is 8.87. The van der Waals surface area contributed by atoms with Gasteiger partial charge in [-0.2, -0.15) is 0 Å². The fourth-order valence-corrected chi connectivity index (χ4v) is 3.25. The number of hydrogen-bond acceptors (Lipinski definition) is 6. The van der Waals surface area contributed by atoms with Gasteiger partial charge in [0.15, 0.2) is 0 Å². The fourth-order valence-electron chi connectivity index (χ4n) is 3.25. The lowest BCUT2D eigenvalue weighted by atomic mass is 10.0. The van der Waals surface area contributed by atoms with Crippen molar-refractivity contribution in [3.63, 3.8) is 0 Å². The molecule has 4 heterocycles. The van der Waals surface area contributed by atoms with Crippen LogP contribution < -0.4 is 10.2 Å². The van der Waals surface area contributed by atoms with Crippen molar-refractivity contribution in [3.8, 4) is 0 Å². The minimum Gasteiger partial charge on any atom is -0.363 e. The lowest BCUT2D eigenvalue weighted by molar-refractivity contribution is 0.694. The second-order valence-corrected chi connectivity index (χ2v) is 6.66. The Kier molecular flexibility index (Phi) is 4.48. The number of pyridine rings is 2. The molecule has 0 saturated heterocycles. The predicted molar refractivity (Wildman–Crippen MR) is 102 cm³/mol. The summed E-state index contributed by atoms with van der Waals surface area (Å²) >= 11 is 0. The van der Waals surface area contributed by atoms with Crippen LogP contribution in [0.2, 0.25) is 0 Å². The molecule has 132 valence electrons. The van der Waals surface area contributed by atoms with Gasteiger partial charge in [-0.1, -0.05) is 6.07 Å². The number of nitrogens with one attached hydrogen (secondary N) is 1. The standard InChI is InChI=1S/C20H22N6/c1-14-3-4-19(22-11-14)26-10-7-18-17(12-26)20(24-13-23-18)25-15(2)16-5-8-21-9-6-16/h3-6,8-9,11,13,15H,7,10,12H2,1-2H3,(H,23,24,25). The van der Waals surface area contributed by atoms with E-state index in [0.717, 1.165) is 42.4 Å². The normalized spacial score (nSPS) is 14.6. The van der Waals surface area contributed by atoms with E-state index in [0.29, 0.717) is 0 Å². The van der Waals surface area contributed by atoms with E-state index in [4.69, 9.17) is 0 Å². The maximum atomic E-state index is 4.57. The third-order valence-corrected chi connectivity index (χ3v) is 4.78. The van der Waals surface area contributed by atoms with Crippen LogP contribution in [0.25, 0.3) is 0 Å². The molecule has 0 fully saturated rings. The van der Waals surface area contributed by atoms with E-state index in [1.165, 1.54) is 11.1 Å². The highest BCUT2D eigenvalue weighted by Crippen LogP contribution is 2.28. The molecule has 26 heavy (non-hydrogen) atoms. The van der Waals surface area contributed by atoms with E-state index >= 15 is 0 Å². The van der Waals surface area contributed by atoms with E-state index in [9.17, 15) is 0 Å². The Hall–Kier alpha value is -3.02. The number of fused-ring (bicyclic) bond motifs is 1. The number of nitrogens with zero attached hydrogens (tertiary/aromatic N) is 5. The van der Waals surface area contributed by atoms with Crippen molar-refractivity contribution in [2.24, 2.45) is 0 Å². The molecule has 6 heteroatoms. The van der Waals surface area contributed by atoms with E-state index in [1.807, 2.05) is 30.7 Å². The van der Waals surface area contributed by atoms with Crippen LogP contribution in [0.1, 0.15) is 35.3 Å². The number of anilines is 2. The summed E-state index contributed by atoms with van der Waals surface area (Å²) in [6, 6.07) is 8.37. The summed E-state index contributed by atoms with van der Waals surface area (Å²) in [7, 11) is 0. The van der Waals surface area contributed by atoms with E-state index < -0.39 is 0 Å². The number of rotatable bonds is 4. The van der Waals surface area contributed by atoms with Gasteiger partial charge in [0.05, 0.1) is 11.7 Å². The number of aryl methyl sites for hydroxylation is 1. The highest BCUT2D eigenvalue weighted by Gasteiger charge is 2.22. The zero-order chi connectivity index (χ0) is 17.9. The topological polar surface area (TPSA) is 66.8 Å². The van der Waals surface area contributed by atoms with Crippen molar-refractivity contribution in [1.82, 2.24) is 19.9 Å². The monoisotopic (exact) mass is 346 g/mol. The van der Waals surface area contributed by atoms with E-state index in [1.54, 1.807) is 6.33 Å². The Morgan fingerprint density at radius 1 is 1.08 bits per heavy atom. The summed E-state index contributed by atoms with van der Waals surface area (Å²) in [5, 5.41) is 3.54. The molecule has 1 unspecified atom stereocenters. The molecule has 1 aliphatic rings. The van der Waals surface area contributed by atoms with Gasteiger partial charge in [-0.3, -0.25) is 4.98 Å². The predicted octanol–water partition coefficient (Wildman–Crippen LogP) is 3.31. The maximum Gasteiger partial charge on any atom is 0.135 e. The summed E-state index contributed by atoms with van der Waals surface area (Å²) in [4.78, 5) is 20.0. The van der Waals surface area contributed by atoms with E-state index in [2.05, 4.69) is 56.1 Å². The van der Waals surface area contributed by atoms with Crippen LogP contribution in [-0.4, -0.2) is 26.5 Å². The Bertz CT molecular complexity index is 879. The molecule has 1 aliphatic heterocycles. The van der Waals surface area contributed by atoms with Crippen molar-refractivity contribution < 1.29 is 0 Å². The molecule has 0 saturated carbocycles. The molecule has 4 rings (SSSR count). The van der Waals surface area contributed by atoms with Crippen molar-refractivity contribution >= 4 is 11.6 Å². The quantitative estimate of drug-likeness (QED) is 0.782. The Labute approximate surface area is 153 Å². The van der Waals surface area contributed by atoms with Gasteiger partial charge in [-0.05, 0) is 43.2 Å². The number of hydrogen-bond donors (Lipinski definition) is 1. The molecule has 1 N–H and O–H groups in total. The van der Waals surface area contributed by atoms with Gasteiger partial charge in [0, 0.05) is 43.7 Å². The zero-order valence-electron chi connectivity index (χ0n) is 15.1. The first-order valence-electron chi connectivity index (χ1n) is 8.87. The van der Waals surface area contributed by atoms with Crippen LogP contribution in [0.4, 0.5) is 11.6 Å². The van der Waals surface area contributed by atoms with Crippen LogP contribution in [-0.2, 0) is 13.0 Å². The van der Waals surface area contributed by atoms with Gasteiger partial charge in [0.25, 0.3) is 0 Å². The lowest BCUT2D eigenvalue weighted by Gasteiger charge is -2.30. The molecule has 0 aliphatic carbocycles. The molecule has 3 aromatic heterocycles. The molecule has 0 amide bonds. The first-order chi connectivity index (χ1) is 12.7. The van der Waals surface area contributed by atoms with Crippen LogP contribution in [0.5, 0.6) is 0 Å². The van der Waals surface area contributed by atoms with Gasteiger partial charge >= 0.3 is 0 Å². The smallest absolute Gasteiger partial charge is 0.135 e. The highest BCUT2D eigenvalue weighted by atomic mass is 15.2. The largest absolute Gasteiger partial charge is 0.363 e. The lowest BCUT2D eigenvalue weighted by Crippen LogP contribution is -2.32. The Morgan fingerprint density at radius 3 is 2.69 bits per heavy atom. The fraction of sp³-hybridized carbons (Fsp3) is 0.300. The molecule has 0 radical (unpaired) electrons. The SMILES string of the molecule is Cc1ccc(N2CCc3ncnc(NC(C)c4ccncc4)c3C2)nc1. The third kappa shape index (κ3) is 3.35. The average Bonchev–Trinajstić information content (AvgIpc) is 2.69. The highest BCUT2D eigenvalue weighted by molar-refractivity contribution is 5.53. The average molecular weight is 346 g/mol. The summed E-state index contributed by atoms with van der Waals surface area (Å²) in [5.74, 6) is 1.90. The molecule has 0 spiro atoms. The van der Waals surface area contributed by atoms with Gasteiger partial charge in [-0.25, -0.2) is 15.0 Å². The molecule has 6 nitrogen and oxygen atoms in total. The van der Waals surface area contributed by atoms with Crippen LogP contribution in [0, 0.1) is 6.92 Å². The molecule has 0 aromatic carbocycles. The molecule has 1 atom stereocenters. The van der Waals surface area contributed by atoms with Crippen LogP contribution in [0.15, 0.2) is 49.2 Å². The van der Waals surface area contributed by atoms with Crippen molar-refractivity contribution in [2.45, 2.75) is 32.9 Å². The molecule has 3 aromatic rings. The first kappa shape index (κ1) is 16.4. The van der Waals surface area contributed by atoms with Crippen molar-refractivity contribution in [2.75, 3.05) is 16.8 Å². The zero-order valence-corrected chi connectivity index (χ0v) is 15.1. The molecular weight excluding hydrogens is 324 g/mol. The van der Waals surface area contributed by atoms with Crippen LogP contribution >= 0.6 is 0 Å². The molecular formula is C20H22N6. The second-order valence-electron chi connectivity index (χ2n) is 6.66. The summed E-state index contributed by atoms with van der Waals surface area (Å²) in [6.07, 6.45) is 8.09. The van der Waals surface area contributed by atoms with Gasteiger partial charge in [0.2, 0.25) is 0 Å². The van der Waals surface area contributed by atoms with Gasteiger partial charge < -0.3 is 10.2 Å². The van der Waals surface area contributed by atoms with E-state index in [-0.39, 0.29) is 6.04 Å². The number of aromatic nitrogens is 4. The Balaban J connectivity index is 1.58. The van der Waals surface area contributed by atoms with Crippen molar-refractivity contribution in [3.05, 3.63) is 71.6 Å². The maximum absolute atomic E-state index is 4.57. The summed E-state index contributed by atoms with van der Waals surface area (Å²) in [5.41, 5.74) is 4.62. The van der Waals surface area contributed by atoms with Gasteiger partial charge in [-0.15, -0.1) is 0 Å². The second kappa shape index (κ2) is 7.07. The third-order valence-electron chi connectivity index (χ3n) is 4.78. The summed E-state index contributed by atoms with van der Waals surface area (Å²) < 4.78 is 0. The van der Waals surface area contributed by atoms with Gasteiger partial charge in [0.1, 0.15) is 18.0 Å². The summed E-state index contributed by atoms with van der Waals surface area (Å²) in [6.45, 7) is 5.86. The van der Waals surface area contributed by atoms with Crippen LogP contribution in [0.3, 0.4) is 0 Å². The molecule has 0 bridgehead atoms. The minimum atomic E-state index is 0.143. The minimum absolute atomic E-state index is 0.143. The Morgan fingerprint density at radius 2 is 1.92 bits per heavy atom.